The first kappa shape index (κ1) is 18.5. The SMILES string of the molecule is CCCC[C@H](NC(C)Cc1cccc(C(F)(F)F)c1)C(=O)O. The van der Waals surface area contributed by atoms with E-state index in [1.165, 1.54) is 6.07 Å². The van der Waals surface area contributed by atoms with Crippen LogP contribution in [0.15, 0.2) is 24.3 Å². The Balaban J connectivity index is 2.67. The molecule has 3 nitrogen and oxygen atoms in total. The van der Waals surface area contributed by atoms with Crippen LogP contribution in [0.4, 0.5) is 13.2 Å². The lowest BCUT2D eigenvalue weighted by molar-refractivity contribution is -0.140. The van der Waals surface area contributed by atoms with Crippen LogP contribution in [0, 0.1) is 0 Å². The zero-order valence-corrected chi connectivity index (χ0v) is 12.8. The molecule has 0 amide bonds. The largest absolute Gasteiger partial charge is 0.480 e. The summed E-state index contributed by atoms with van der Waals surface area (Å²) in [5, 5.41) is 12.1. The van der Waals surface area contributed by atoms with Gasteiger partial charge in [-0.05, 0) is 31.4 Å². The molecular formula is C16H22F3NO2. The van der Waals surface area contributed by atoms with Crippen molar-refractivity contribution in [1.29, 1.82) is 0 Å². The van der Waals surface area contributed by atoms with E-state index in [1.807, 2.05) is 6.92 Å². The van der Waals surface area contributed by atoms with Crippen molar-refractivity contribution in [1.82, 2.24) is 5.32 Å². The molecule has 0 spiro atoms. The van der Waals surface area contributed by atoms with Gasteiger partial charge in [0.1, 0.15) is 6.04 Å². The number of carboxylic acids is 1. The van der Waals surface area contributed by atoms with E-state index in [1.54, 1.807) is 13.0 Å². The Labute approximate surface area is 128 Å². The molecule has 22 heavy (non-hydrogen) atoms. The van der Waals surface area contributed by atoms with Gasteiger partial charge in [-0.15, -0.1) is 0 Å². The molecule has 0 radical (unpaired) electrons. The minimum absolute atomic E-state index is 0.221. The summed E-state index contributed by atoms with van der Waals surface area (Å²) >= 11 is 0. The average Bonchev–Trinajstić information content (AvgIpc) is 2.42. The van der Waals surface area contributed by atoms with Gasteiger partial charge in [0.2, 0.25) is 0 Å². The molecule has 0 heterocycles. The molecule has 1 unspecified atom stereocenters. The van der Waals surface area contributed by atoms with Crippen LogP contribution in [0.5, 0.6) is 0 Å². The van der Waals surface area contributed by atoms with E-state index < -0.39 is 23.8 Å². The van der Waals surface area contributed by atoms with E-state index >= 15 is 0 Å². The molecule has 6 heteroatoms. The molecule has 0 bridgehead atoms. The molecule has 1 aromatic carbocycles. The van der Waals surface area contributed by atoms with E-state index in [2.05, 4.69) is 5.32 Å². The molecule has 0 aliphatic rings. The Morgan fingerprint density at radius 2 is 2.05 bits per heavy atom. The molecule has 1 rings (SSSR count). The van der Waals surface area contributed by atoms with Crippen molar-refractivity contribution in [2.75, 3.05) is 0 Å². The minimum atomic E-state index is -4.36. The van der Waals surface area contributed by atoms with Gasteiger partial charge in [0.05, 0.1) is 5.56 Å². The van der Waals surface area contributed by atoms with E-state index in [9.17, 15) is 18.0 Å². The van der Waals surface area contributed by atoms with Crippen LogP contribution in [0.2, 0.25) is 0 Å². The van der Waals surface area contributed by atoms with Crippen molar-refractivity contribution in [3.05, 3.63) is 35.4 Å². The third-order valence-corrected chi connectivity index (χ3v) is 3.43. The number of unbranched alkanes of at least 4 members (excludes halogenated alkanes) is 1. The first-order valence-electron chi connectivity index (χ1n) is 7.39. The summed E-state index contributed by atoms with van der Waals surface area (Å²) in [4.78, 5) is 11.2. The summed E-state index contributed by atoms with van der Waals surface area (Å²) in [6.45, 7) is 3.76. The standard InChI is InChI=1S/C16H22F3NO2/c1-3-4-8-14(15(21)22)20-11(2)9-12-6-5-7-13(10-12)16(17,18)19/h5-7,10-11,14,20H,3-4,8-9H2,1-2H3,(H,21,22)/t11?,14-/m0/s1. The molecule has 0 aliphatic carbocycles. The third kappa shape index (κ3) is 6.05. The molecule has 124 valence electrons. The van der Waals surface area contributed by atoms with Crippen LogP contribution >= 0.6 is 0 Å². The topological polar surface area (TPSA) is 49.3 Å². The highest BCUT2D eigenvalue weighted by molar-refractivity contribution is 5.73. The molecule has 0 saturated carbocycles. The molecule has 2 atom stereocenters. The number of hydrogen-bond donors (Lipinski definition) is 2. The average molecular weight is 317 g/mol. The molecule has 0 aliphatic heterocycles. The molecule has 1 aromatic rings. The zero-order valence-electron chi connectivity index (χ0n) is 12.8. The van der Waals surface area contributed by atoms with E-state index in [-0.39, 0.29) is 6.04 Å². The maximum absolute atomic E-state index is 12.7. The number of nitrogens with one attached hydrogen (secondary N) is 1. The summed E-state index contributed by atoms with van der Waals surface area (Å²) in [7, 11) is 0. The smallest absolute Gasteiger partial charge is 0.416 e. The monoisotopic (exact) mass is 317 g/mol. The van der Waals surface area contributed by atoms with E-state index in [0.29, 0.717) is 18.4 Å². The van der Waals surface area contributed by atoms with Gasteiger partial charge in [0, 0.05) is 6.04 Å². The van der Waals surface area contributed by atoms with Crippen LogP contribution in [0.25, 0.3) is 0 Å². The third-order valence-electron chi connectivity index (χ3n) is 3.43. The normalized spacial score (nSPS) is 14.6. The first-order chi connectivity index (χ1) is 10.2. The maximum atomic E-state index is 12.7. The summed E-state index contributed by atoms with van der Waals surface area (Å²) in [5.74, 6) is -0.927. The van der Waals surface area contributed by atoms with Crippen molar-refractivity contribution < 1.29 is 23.1 Å². The Kier molecular flexibility index (Phi) is 6.87. The van der Waals surface area contributed by atoms with Gasteiger partial charge in [-0.3, -0.25) is 4.79 Å². The summed E-state index contributed by atoms with van der Waals surface area (Å²) < 4.78 is 38.0. The highest BCUT2D eigenvalue weighted by atomic mass is 19.4. The number of carbonyl (C=O) groups is 1. The van der Waals surface area contributed by atoms with Crippen LogP contribution in [-0.4, -0.2) is 23.2 Å². The number of benzene rings is 1. The fraction of sp³-hybridized carbons (Fsp3) is 0.562. The van der Waals surface area contributed by atoms with Crippen LogP contribution in [0.3, 0.4) is 0 Å². The van der Waals surface area contributed by atoms with Crippen molar-refractivity contribution >= 4 is 5.97 Å². The van der Waals surface area contributed by atoms with E-state index in [4.69, 9.17) is 5.11 Å². The number of alkyl halides is 3. The Morgan fingerprint density at radius 3 is 2.59 bits per heavy atom. The summed E-state index contributed by atoms with van der Waals surface area (Å²) in [6.07, 6.45) is -1.82. The van der Waals surface area contributed by atoms with Crippen molar-refractivity contribution in [2.45, 2.75) is 57.8 Å². The second-order valence-corrected chi connectivity index (χ2v) is 5.50. The van der Waals surface area contributed by atoms with Crippen molar-refractivity contribution in [3.8, 4) is 0 Å². The van der Waals surface area contributed by atoms with Crippen molar-refractivity contribution in [3.63, 3.8) is 0 Å². The highest BCUT2D eigenvalue weighted by Gasteiger charge is 2.30. The first-order valence-corrected chi connectivity index (χ1v) is 7.39. The number of carboxylic acid groups (broad SMARTS) is 1. The fourth-order valence-corrected chi connectivity index (χ4v) is 2.32. The fourth-order valence-electron chi connectivity index (χ4n) is 2.32. The quantitative estimate of drug-likeness (QED) is 0.765. The Bertz CT molecular complexity index is 489. The van der Waals surface area contributed by atoms with E-state index in [0.717, 1.165) is 25.0 Å². The lowest BCUT2D eigenvalue weighted by atomic mass is 10.0. The second-order valence-electron chi connectivity index (χ2n) is 5.50. The molecule has 0 fully saturated rings. The lowest BCUT2D eigenvalue weighted by Crippen LogP contribution is -2.43. The minimum Gasteiger partial charge on any atom is -0.480 e. The molecular weight excluding hydrogens is 295 g/mol. The van der Waals surface area contributed by atoms with Gasteiger partial charge >= 0.3 is 12.1 Å². The zero-order chi connectivity index (χ0) is 16.8. The van der Waals surface area contributed by atoms with Gasteiger partial charge in [-0.25, -0.2) is 0 Å². The van der Waals surface area contributed by atoms with Gasteiger partial charge in [0.15, 0.2) is 0 Å². The number of rotatable bonds is 8. The predicted octanol–water partition coefficient (Wildman–Crippen LogP) is 3.87. The molecule has 2 N–H and O–H groups in total. The van der Waals surface area contributed by atoms with Gasteiger partial charge in [-0.1, -0.05) is 38.0 Å². The highest BCUT2D eigenvalue weighted by Crippen LogP contribution is 2.29. The Morgan fingerprint density at radius 1 is 1.36 bits per heavy atom. The predicted molar refractivity (Wildman–Crippen MR) is 78.7 cm³/mol. The summed E-state index contributed by atoms with van der Waals surface area (Å²) in [5.41, 5.74) is -0.146. The van der Waals surface area contributed by atoms with Gasteiger partial charge in [-0.2, -0.15) is 13.2 Å². The number of halogens is 3. The number of aliphatic carboxylic acids is 1. The molecule has 0 aromatic heterocycles. The van der Waals surface area contributed by atoms with Crippen molar-refractivity contribution in [2.24, 2.45) is 0 Å². The van der Waals surface area contributed by atoms with Crippen LogP contribution in [0.1, 0.15) is 44.2 Å². The maximum Gasteiger partial charge on any atom is 0.416 e. The Hall–Kier alpha value is -1.56. The molecule has 0 saturated heterocycles. The van der Waals surface area contributed by atoms with Gasteiger partial charge < -0.3 is 10.4 Å². The van der Waals surface area contributed by atoms with Crippen LogP contribution in [-0.2, 0) is 17.4 Å². The van der Waals surface area contributed by atoms with Gasteiger partial charge in [0.25, 0.3) is 0 Å². The second kappa shape index (κ2) is 8.17. The summed E-state index contributed by atoms with van der Waals surface area (Å²) in [6, 6.07) is 4.25. The van der Waals surface area contributed by atoms with Crippen LogP contribution < -0.4 is 5.32 Å². The number of hydrogen-bond acceptors (Lipinski definition) is 2. The lowest BCUT2D eigenvalue weighted by Gasteiger charge is -2.20.